The first-order valence-electron chi connectivity index (χ1n) is 10.0. The van der Waals surface area contributed by atoms with Gasteiger partial charge in [0.05, 0.1) is 11.6 Å². The molecule has 0 spiro atoms. The standard InChI is InChI=1S/C24H20ClF2N3O2/c1-13-17(6-3-9-29-13)24(32)30(22(23(28)31)14-4-2-5-16(26)10-14)21-8-7-18-19(21)11-15(25)12-20(18)27/h2-6,9-12,21-22H,7-8H2,1H3,(H2,28,31)/t21-,22-/m1/s1. The number of carbonyl (C=O) groups is 2. The predicted octanol–water partition coefficient (Wildman–Crippen LogP) is 4.68. The molecule has 2 atom stereocenters. The Hall–Kier alpha value is -3.32. The molecule has 0 saturated heterocycles. The zero-order valence-corrected chi connectivity index (χ0v) is 17.9. The summed E-state index contributed by atoms with van der Waals surface area (Å²) in [6.07, 6.45) is 2.26. The molecular weight excluding hydrogens is 436 g/mol. The summed E-state index contributed by atoms with van der Waals surface area (Å²) < 4.78 is 28.6. The van der Waals surface area contributed by atoms with E-state index in [0.717, 1.165) is 0 Å². The number of carbonyl (C=O) groups excluding carboxylic acids is 2. The van der Waals surface area contributed by atoms with Crippen molar-refractivity contribution in [2.24, 2.45) is 5.73 Å². The molecule has 4 rings (SSSR count). The minimum Gasteiger partial charge on any atom is -0.368 e. The number of halogens is 3. The van der Waals surface area contributed by atoms with E-state index in [1.165, 1.54) is 35.2 Å². The van der Waals surface area contributed by atoms with Crippen molar-refractivity contribution in [1.82, 2.24) is 9.88 Å². The van der Waals surface area contributed by atoms with Gasteiger partial charge in [-0.15, -0.1) is 0 Å². The molecule has 3 aromatic rings. The minimum atomic E-state index is -1.28. The topological polar surface area (TPSA) is 76.3 Å². The number of pyridine rings is 1. The highest BCUT2D eigenvalue weighted by Gasteiger charge is 2.40. The Morgan fingerprint density at radius 2 is 1.97 bits per heavy atom. The van der Waals surface area contributed by atoms with E-state index in [-0.39, 0.29) is 16.1 Å². The van der Waals surface area contributed by atoms with Crippen molar-refractivity contribution in [1.29, 1.82) is 0 Å². The molecule has 0 unspecified atom stereocenters. The first-order chi connectivity index (χ1) is 15.3. The number of nitrogens with zero attached hydrogens (tertiary/aromatic N) is 2. The fourth-order valence-corrected chi connectivity index (χ4v) is 4.55. The summed E-state index contributed by atoms with van der Waals surface area (Å²) >= 11 is 6.11. The molecule has 8 heteroatoms. The molecule has 1 aliphatic rings. The van der Waals surface area contributed by atoms with Crippen LogP contribution in [0.25, 0.3) is 0 Å². The van der Waals surface area contributed by atoms with Crippen molar-refractivity contribution in [3.8, 4) is 0 Å². The molecule has 2 aromatic carbocycles. The van der Waals surface area contributed by atoms with E-state index >= 15 is 0 Å². The second-order valence-electron chi connectivity index (χ2n) is 7.72. The Balaban J connectivity index is 1.91. The second-order valence-corrected chi connectivity index (χ2v) is 8.16. The number of hydrogen-bond donors (Lipinski definition) is 1. The lowest BCUT2D eigenvalue weighted by molar-refractivity contribution is -0.123. The van der Waals surface area contributed by atoms with E-state index in [2.05, 4.69) is 4.98 Å². The quantitative estimate of drug-likeness (QED) is 0.607. The molecule has 2 N–H and O–H groups in total. The SMILES string of the molecule is Cc1ncccc1C(=O)N([C@@H]1CCc2c(F)cc(Cl)cc21)[C@@H](C(N)=O)c1cccc(F)c1. The Labute approximate surface area is 188 Å². The smallest absolute Gasteiger partial charge is 0.257 e. The van der Waals surface area contributed by atoms with E-state index < -0.39 is 35.5 Å². The van der Waals surface area contributed by atoms with E-state index in [1.807, 2.05) is 0 Å². The Morgan fingerprint density at radius 1 is 1.19 bits per heavy atom. The number of aryl methyl sites for hydroxylation is 1. The van der Waals surface area contributed by atoms with E-state index in [0.29, 0.717) is 29.7 Å². The van der Waals surface area contributed by atoms with Crippen molar-refractivity contribution in [2.45, 2.75) is 31.8 Å². The average molecular weight is 456 g/mol. The van der Waals surface area contributed by atoms with Gasteiger partial charge in [-0.1, -0.05) is 23.7 Å². The lowest BCUT2D eigenvalue weighted by Crippen LogP contribution is -2.43. The van der Waals surface area contributed by atoms with Crippen LogP contribution in [0.1, 0.15) is 51.2 Å². The van der Waals surface area contributed by atoms with Crippen LogP contribution in [-0.2, 0) is 11.2 Å². The Bertz CT molecular complexity index is 1220. The Kier molecular flexibility index (Phi) is 5.93. The molecule has 1 aromatic heterocycles. The molecule has 164 valence electrons. The summed E-state index contributed by atoms with van der Waals surface area (Å²) in [5, 5.41) is 0.180. The maximum atomic E-state index is 14.6. The van der Waals surface area contributed by atoms with Gasteiger partial charge in [-0.2, -0.15) is 0 Å². The third-order valence-electron chi connectivity index (χ3n) is 5.74. The van der Waals surface area contributed by atoms with Gasteiger partial charge >= 0.3 is 0 Å². The molecule has 0 saturated carbocycles. The largest absolute Gasteiger partial charge is 0.368 e. The number of benzene rings is 2. The van der Waals surface area contributed by atoms with Crippen LogP contribution in [0.2, 0.25) is 5.02 Å². The van der Waals surface area contributed by atoms with Crippen molar-refractivity contribution in [3.05, 3.63) is 99.3 Å². The lowest BCUT2D eigenvalue weighted by Gasteiger charge is -2.36. The van der Waals surface area contributed by atoms with Crippen LogP contribution >= 0.6 is 11.6 Å². The first kappa shape index (κ1) is 21.9. The normalized spacial score (nSPS) is 15.8. The van der Waals surface area contributed by atoms with Crippen LogP contribution in [0.3, 0.4) is 0 Å². The number of fused-ring (bicyclic) bond motifs is 1. The second kappa shape index (κ2) is 8.67. The van der Waals surface area contributed by atoms with Crippen LogP contribution in [0.15, 0.2) is 54.7 Å². The first-order valence-corrected chi connectivity index (χ1v) is 10.4. The third kappa shape index (κ3) is 3.96. The van der Waals surface area contributed by atoms with Crippen LogP contribution in [0.5, 0.6) is 0 Å². The number of nitrogens with two attached hydrogens (primary N) is 1. The molecule has 0 aliphatic heterocycles. The van der Waals surface area contributed by atoms with Crippen molar-refractivity contribution < 1.29 is 18.4 Å². The van der Waals surface area contributed by atoms with Crippen molar-refractivity contribution in [3.63, 3.8) is 0 Å². The summed E-state index contributed by atoms with van der Waals surface area (Å²) in [7, 11) is 0. The van der Waals surface area contributed by atoms with Crippen LogP contribution in [-0.4, -0.2) is 21.7 Å². The van der Waals surface area contributed by atoms with Crippen LogP contribution in [0, 0.1) is 18.6 Å². The molecule has 0 bridgehead atoms. The highest BCUT2D eigenvalue weighted by molar-refractivity contribution is 6.30. The summed E-state index contributed by atoms with van der Waals surface area (Å²) in [4.78, 5) is 31.9. The number of rotatable bonds is 5. The molecule has 1 aliphatic carbocycles. The van der Waals surface area contributed by atoms with Gasteiger partial charge < -0.3 is 10.6 Å². The molecule has 0 radical (unpaired) electrons. The molecular formula is C24H20ClF2N3O2. The van der Waals surface area contributed by atoms with Gasteiger partial charge in [0.2, 0.25) is 5.91 Å². The maximum absolute atomic E-state index is 14.6. The Morgan fingerprint density at radius 3 is 2.66 bits per heavy atom. The van der Waals surface area contributed by atoms with E-state index in [9.17, 15) is 18.4 Å². The highest BCUT2D eigenvalue weighted by atomic mass is 35.5. The average Bonchev–Trinajstić information content (AvgIpc) is 3.15. The van der Waals surface area contributed by atoms with Gasteiger partial charge in [0.1, 0.15) is 17.7 Å². The van der Waals surface area contributed by atoms with Crippen molar-refractivity contribution >= 4 is 23.4 Å². The van der Waals surface area contributed by atoms with Gasteiger partial charge in [-0.25, -0.2) is 8.78 Å². The molecule has 2 amide bonds. The molecule has 5 nitrogen and oxygen atoms in total. The number of amides is 2. The molecule has 0 fully saturated rings. The zero-order valence-electron chi connectivity index (χ0n) is 17.2. The van der Waals surface area contributed by atoms with E-state index in [1.54, 1.807) is 31.3 Å². The zero-order chi connectivity index (χ0) is 23.0. The van der Waals surface area contributed by atoms with Crippen LogP contribution in [0.4, 0.5) is 8.78 Å². The molecule has 1 heterocycles. The third-order valence-corrected chi connectivity index (χ3v) is 5.96. The van der Waals surface area contributed by atoms with Gasteiger partial charge in [0.15, 0.2) is 0 Å². The predicted molar refractivity (Wildman–Crippen MR) is 116 cm³/mol. The van der Waals surface area contributed by atoms with Crippen molar-refractivity contribution in [2.75, 3.05) is 0 Å². The number of hydrogen-bond acceptors (Lipinski definition) is 3. The van der Waals surface area contributed by atoms with Gasteiger partial charge in [-0.05, 0) is 72.9 Å². The van der Waals surface area contributed by atoms with E-state index in [4.69, 9.17) is 17.3 Å². The summed E-state index contributed by atoms with van der Waals surface area (Å²) in [5.74, 6) is -2.38. The number of primary amides is 1. The number of aromatic nitrogens is 1. The highest BCUT2D eigenvalue weighted by Crippen LogP contribution is 2.43. The fourth-order valence-electron chi connectivity index (χ4n) is 4.34. The molecule has 32 heavy (non-hydrogen) atoms. The lowest BCUT2D eigenvalue weighted by atomic mass is 9.97. The summed E-state index contributed by atoms with van der Waals surface area (Å²) in [6.45, 7) is 1.67. The van der Waals surface area contributed by atoms with Crippen LogP contribution < -0.4 is 5.73 Å². The van der Waals surface area contributed by atoms with Gasteiger partial charge in [0.25, 0.3) is 5.91 Å². The fraction of sp³-hybridized carbons (Fsp3) is 0.208. The minimum absolute atomic E-state index is 0.180. The van der Waals surface area contributed by atoms with Gasteiger partial charge in [0, 0.05) is 16.9 Å². The monoisotopic (exact) mass is 455 g/mol. The maximum Gasteiger partial charge on any atom is 0.257 e. The summed E-state index contributed by atoms with van der Waals surface area (Å²) in [6, 6.07) is 9.42. The van der Waals surface area contributed by atoms with Gasteiger partial charge in [-0.3, -0.25) is 14.6 Å². The summed E-state index contributed by atoms with van der Waals surface area (Å²) in [5.41, 5.74) is 7.64.